The Morgan fingerprint density at radius 3 is 2.19 bits per heavy atom. The van der Waals surface area contributed by atoms with Gasteiger partial charge in [-0.2, -0.15) is 4.98 Å². The lowest BCUT2D eigenvalue weighted by molar-refractivity contribution is 0.167. The fourth-order valence-electron chi connectivity index (χ4n) is 3.43. The van der Waals surface area contributed by atoms with Crippen LogP contribution in [0.5, 0.6) is 5.88 Å². The second kappa shape index (κ2) is 5.82. The Labute approximate surface area is 127 Å². The molecule has 0 aromatic carbocycles. The van der Waals surface area contributed by atoms with Crippen molar-refractivity contribution in [3.05, 3.63) is 21.7 Å². The van der Waals surface area contributed by atoms with Gasteiger partial charge >= 0.3 is 0 Å². The lowest BCUT2D eigenvalue weighted by Gasteiger charge is -2.36. The van der Waals surface area contributed by atoms with E-state index in [1.165, 1.54) is 0 Å². The Bertz CT molecular complexity index is 547. The van der Waals surface area contributed by atoms with Crippen molar-refractivity contribution in [2.24, 2.45) is 11.3 Å². The molecule has 2 rings (SSSR count). The van der Waals surface area contributed by atoms with Crippen molar-refractivity contribution >= 4 is 0 Å². The topological polar surface area (TPSA) is 66.0 Å². The van der Waals surface area contributed by atoms with Crippen LogP contribution in [0.15, 0.2) is 4.79 Å². The zero-order valence-corrected chi connectivity index (χ0v) is 13.9. The molecule has 0 saturated heterocycles. The summed E-state index contributed by atoms with van der Waals surface area (Å²) in [5.41, 5.74) is 0.544. The van der Waals surface area contributed by atoms with Crippen LogP contribution in [0.25, 0.3) is 0 Å². The third-order valence-corrected chi connectivity index (χ3v) is 4.87. The minimum atomic E-state index is -0.189. The molecule has 1 fully saturated rings. The van der Waals surface area contributed by atoms with Crippen LogP contribution in [0.4, 0.5) is 0 Å². The Kier molecular flexibility index (Phi) is 4.45. The highest BCUT2D eigenvalue weighted by molar-refractivity contribution is 5.26. The highest BCUT2D eigenvalue weighted by Gasteiger charge is 2.31. The molecule has 1 heterocycles. The highest BCUT2D eigenvalue weighted by atomic mass is 16.3. The third-order valence-electron chi connectivity index (χ3n) is 4.87. The van der Waals surface area contributed by atoms with E-state index in [0.29, 0.717) is 16.8 Å². The molecule has 1 aromatic rings. The minimum Gasteiger partial charge on any atom is -0.493 e. The van der Waals surface area contributed by atoms with Gasteiger partial charge in [0, 0.05) is 5.92 Å². The first kappa shape index (κ1) is 16.1. The van der Waals surface area contributed by atoms with Crippen LogP contribution in [0, 0.1) is 11.3 Å². The smallest absolute Gasteiger partial charge is 0.258 e. The van der Waals surface area contributed by atoms with Crippen molar-refractivity contribution in [3.63, 3.8) is 0 Å². The standard InChI is InChI=1S/C17H28N2O2/c1-10(2)13-15(20)18-14(19-16(13)21)11-6-8-12(9-7-11)17(3,4)5/h10-12H,6-9H2,1-5H3,(H2,18,19,20,21). The summed E-state index contributed by atoms with van der Waals surface area (Å²) in [5, 5.41) is 10.0. The fourth-order valence-corrected chi connectivity index (χ4v) is 3.43. The molecule has 1 saturated carbocycles. The number of hydrogen-bond donors (Lipinski definition) is 2. The average Bonchev–Trinajstić information content (AvgIpc) is 2.36. The molecule has 1 aliphatic rings. The summed E-state index contributed by atoms with van der Waals surface area (Å²) < 4.78 is 0. The number of aromatic nitrogens is 2. The van der Waals surface area contributed by atoms with Crippen molar-refractivity contribution in [1.82, 2.24) is 9.97 Å². The second-order valence-corrected chi connectivity index (χ2v) is 7.76. The average molecular weight is 292 g/mol. The molecule has 1 aliphatic carbocycles. The van der Waals surface area contributed by atoms with E-state index in [4.69, 9.17) is 0 Å². The number of aromatic hydroxyl groups is 1. The van der Waals surface area contributed by atoms with Gasteiger partial charge in [0.25, 0.3) is 5.56 Å². The quantitative estimate of drug-likeness (QED) is 0.868. The molecular formula is C17H28N2O2. The summed E-state index contributed by atoms with van der Waals surface area (Å²) in [5.74, 6) is 1.54. The van der Waals surface area contributed by atoms with Crippen LogP contribution in [0.1, 0.15) is 83.5 Å². The van der Waals surface area contributed by atoms with Gasteiger partial charge in [0.2, 0.25) is 5.88 Å². The highest BCUT2D eigenvalue weighted by Crippen LogP contribution is 2.42. The van der Waals surface area contributed by atoms with Crippen molar-refractivity contribution in [1.29, 1.82) is 0 Å². The predicted molar refractivity (Wildman–Crippen MR) is 84.8 cm³/mol. The lowest BCUT2D eigenvalue weighted by atomic mass is 9.69. The fraction of sp³-hybridized carbons (Fsp3) is 0.765. The summed E-state index contributed by atoms with van der Waals surface area (Å²) in [4.78, 5) is 19.3. The van der Waals surface area contributed by atoms with Crippen molar-refractivity contribution < 1.29 is 5.11 Å². The van der Waals surface area contributed by atoms with Gasteiger partial charge in [0.05, 0.1) is 5.56 Å². The number of H-pyrrole nitrogens is 1. The molecule has 118 valence electrons. The molecular weight excluding hydrogens is 264 g/mol. The van der Waals surface area contributed by atoms with E-state index in [-0.39, 0.29) is 23.3 Å². The van der Waals surface area contributed by atoms with E-state index < -0.39 is 0 Å². The van der Waals surface area contributed by atoms with E-state index in [1.807, 2.05) is 13.8 Å². The Morgan fingerprint density at radius 1 is 1.19 bits per heavy atom. The molecule has 0 atom stereocenters. The Balaban J connectivity index is 2.17. The maximum atomic E-state index is 12.1. The SMILES string of the molecule is CC(C)c1c(O)nc(C2CCC(C(C)(C)C)CC2)[nH]c1=O. The van der Waals surface area contributed by atoms with Crippen molar-refractivity contribution in [2.75, 3.05) is 0 Å². The van der Waals surface area contributed by atoms with Crippen LogP contribution >= 0.6 is 0 Å². The van der Waals surface area contributed by atoms with Gasteiger partial charge in [0.1, 0.15) is 5.82 Å². The minimum absolute atomic E-state index is 0.0214. The van der Waals surface area contributed by atoms with Gasteiger partial charge in [-0.3, -0.25) is 4.79 Å². The van der Waals surface area contributed by atoms with Crippen molar-refractivity contribution in [3.8, 4) is 5.88 Å². The maximum absolute atomic E-state index is 12.1. The van der Waals surface area contributed by atoms with Gasteiger partial charge in [0.15, 0.2) is 0 Å². The van der Waals surface area contributed by atoms with Crippen molar-refractivity contribution in [2.45, 2.75) is 72.1 Å². The third kappa shape index (κ3) is 3.47. The number of hydrogen-bond acceptors (Lipinski definition) is 3. The first-order valence-electron chi connectivity index (χ1n) is 8.03. The Morgan fingerprint density at radius 2 is 1.76 bits per heavy atom. The molecule has 2 N–H and O–H groups in total. The van der Waals surface area contributed by atoms with Gasteiger partial charge < -0.3 is 10.1 Å². The molecule has 4 heteroatoms. The molecule has 0 unspecified atom stereocenters. The Hall–Kier alpha value is -1.32. The van der Waals surface area contributed by atoms with Gasteiger partial charge in [-0.15, -0.1) is 0 Å². The second-order valence-electron chi connectivity index (χ2n) is 7.76. The molecule has 21 heavy (non-hydrogen) atoms. The van der Waals surface area contributed by atoms with E-state index in [1.54, 1.807) is 0 Å². The van der Waals surface area contributed by atoms with E-state index >= 15 is 0 Å². The van der Waals surface area contributed by atoms with E-state index in [0.717, 1.165) is 31.6 Å². The zero-order chi connectivity index (χ0) is 15.8. The first-order chi connectivity index (χ1) is 9.70. The van der Waals surface area contributed by atoms with Gasteiger partial charge in [-0.25, -0.2) is 0 Å². The van der Waals surface area contributed by atoms with Crippen LogP contribution in [-0.2, 0) is 0 Å². The van der Waals surface area contributed by atoms with E-state index in [9.17, 15) is 9.90 Å². The predicted octanol–water partition coefficient (Wildman–Crippen LogP) is 3.92. The summed E-state index contributed by atoms with van der Waals surface area (Å²) in [6.07, 6.45) is 4.38. The van der Waals surface area contributed by atoms with Gasteiger partial charge in [-0.1, -0.05) is 34.6 Å². The molecule has 1 aromatic heterocycles. The number of nitrogens with zero attached hydrogens (tertiary/aromatic N) is 1. The molecule has 0 radical (unpaired) electrons. The van der Waals surface area contributed by atoms with Gasteiger partial charge in [-0.05, 0) is 42.9 Å². The number of aromatic amines is 1. The van der Waals surface area contributed by atoms with Crippen LogP contribution in [0.3, 0.4) is 0 Å². The first-order valence-corrected chi connectivity index (χ1v) is 8.03. The molecule has 0 bridgehead atoms. The van der Waals surface area contributed by atoms with Crippen LogP contribution in [0.2, 0.25) is 0 Å². The monoisotopic (exact) mass is 292 g/mol. The summed E-state index contributed by atoms with van der Waals surface area (Å²) in [7, 11) is 0. The molecule has 0 aliphatic heterocycles. The lowest BCUT2D eigenvalue weighted by Crippen LogP contribution is -2.27. The molecule has 0 amide bonds. The maximum Gasteiger partial charge on any atom is 0.258 e. The number of nitrogens with one attached hydrogen (secondary N) is 1. The number of rotatable bonds is 2. The van der Waals surface area contributed by atoms with E-state index in [2.05, 4.69) is 30.7 Å². The summed E-state index contributed by atoms with van der Waals surface area (Å²) >= 11 is 0. The largest absolute Gasteiger partial charge is 0.493 e. The zero-order valence-electron chi connectivity index (χ0n) is 13.9. The summed E-state index contributed by atoms with van der Waals surface area (Å²) in [6.45, 7) is 10.7. The normalized spacial score (nSPS) is 23.5. The molecule has 0 spiro atoms. The van der Waals surface area contributed by atoms with Crippen LogP contribution < -0.4 is 5.56 Å². The molecule has 4 nitrogen and oxygen atoms in total. The van der Waals surface area contributed by atoms with Crippen LogP contribution in [-0.4, -0.2) is 15.1 Å². The summed E-state index contributed by atoms with van der Waals surface area (Å²) in [6, 6.07) is 0.